The van der Waals surface area contributed by atoms with E-state index in [4.69, 9.17) is 4.74 Å². The van der Waals surface area contributed by atoms with E-state index in [1.165, 1.54) is 0 Å². The highest BCUT2D eigenvalue weighted by Crippen LogP contribution is 2.13. The molecule has 1 aromatic rings. The van der Waals surface area contributed by atoms with Crippen LogP contribution in [0.3, 0.4) is 0 Å². The number of rotatable bonds is 4. The molecule has 0 saturated carbocycles. The molecule has 0 spiro atoms. The predicted molar refractivity (Wildman–Crippen MR) is 78.7 cm³/mol. The zero-order chi connectivity index (χ0) is 14.4. The van der Waals surface area contributed by atoms with Gasteiger partial charge >= 0.3 is 0 Å². The van der Waals surface area contributed by atoms with Crippen molar-refractivity contribution in [3.63, 3.8) is 0 Å². The Hall–Kier alpha value is -1.62. The van der Waals surface area contributed by atoms with Crippen molar-refractivity contribution >= 4 is 11.7 Å². The Kier molecular flexibility index (Phi) is 5.35. The number of hydrogen-bond donors (Lipinski definition) is 0. The normalized spacial score (nSPS) is 17.7. The van der Waals surface area contributed by atoms with E-state index >= 15 is 0 Å². The van der Waals surface area contributed by atoms with E-state index in [2.05, 4.69) is 9.88 Å². The number of carbonyl (C=O) groups is 1. The van der Waals surface area contributed by atoms with Crippen molar-refractivity contribution in [2.45, 2.75) is 26.4 Å². The van der Waals surface area contributed by atoms with Gasteiger partial charge in [0.2, 0.25) is 0 Å². The second-order valence-electron chi connectivity index (χ2n) is 4.95. The second-order valence-corrected chi connectivity index (χ2v) is 4.95. The summed E-state index contributed by atoms with van der Waals surface area (Å²) in [6.07, 6.45) is 2.42. The van der Waals surface area contributed by atoms with Gasteiger partial charge in [-0.15, -0.1) is 0 Å². The number of nitrogens with zero attached hydrogens (tertiary/aromatic N) is 3. The molecule has 1 unspecified atom stereocenters. The summed E-state index contributed by atoms with van der Waals surface area (Å²) in [5, 5.41) is 0. The average molecular weight is 277 g/mol. The maximum absolute atomic E-state index is 12.3. The third kappa shape index (κ3) is 3.70. The SMILES string of the molecule is CCOC(C)C(=O)N1CCCN(c2ccccn2)CC1. The molecule has 20 heavy (non-hydrogen) atoms. The van der Waals surface area contributed by atoms with Gasteiger partial charge in [-0.2, -0.15) is 0 Å². The number of hydrogen-bond acceptors (Lipinski definition) is 4. The average Bonchev–Trinajstić information content (AvgIpc) is 2.73. The summed E-state index contributed by atoms with van der Waals surface area (Å²) in [6, 6.07) is 5.93. The summed E-state index contributed by atoms with van der Waals surface area (Å²) >= 11 is 0. The van der Waals surface area contributed by atoms with Crippen LogP contribution in [0.4, 0.5) is 5.82 Å². The number of anilines is 1. The fourth-order valence-corrected chi connectivity index (χ4v) is 2.49. The molecule has 1 aliphatic rings. The monoisotopic (exact) mass is 277 g/mol. The van der Waals surface area contributed by atoms with Crippen LogP contribution in [-0.4, -0.2) is 54.7 Å². The van der Waals surface area contributed by atoms with E-state index in [0.29, 0.717) is 6.61 Å². The molecule has 0 bridgehead atoms. The molecule has 1 fully saturated rings. The van der Waals surface area contributed by atoms with Gasteiger partial charge in [0.15, 0.2) is 0 Å². The minimum absolute atomic E-state index is 0.0923. The Morgan fingerprint density at radius 1 is 1.35 bits per heavy atom. The van der Waals surface area contributed by atoms with Gasteiger partial charge in [0.1, 0.15) is 11.9 Å². The molecule has 2 rings (SSSR count). The van der Waals surface area contributed by atoms with Crippen LogP contribution in [0.1, 0.15) is 20.3 Å². The smallest absolute Gasteiger partial charge is 0.251 e. The van der Waals surface area contributed by atoms with Crippen molar-refractivity contribution in [1.29, 1.82) is 0 Å². The highest BCUT2D eigenvalue weighted by Gasteiger charge is 2.23. The van der Waals surface area contributed by atoms with Crippen LogP contribution >= 0.6 is 0 Å². The lowest BCUT2D eigenvalue weighted by Gasteiger charge is -2.24. The van der Waals surface area contributed by atoms with Gasteiger partial charge in [0.05, 0.1) is 0 Å². The van der Waals surface area contributed by atoms with E-state index in [9.17, 15) is 4.79 Å². The third-order valence-electron chi connectivity index (χ3n) is 3.55. The number of aromatic nitrogens is 1. The number of ether oxygens (including phenoxy) is 1. The van der Waals surface area contributed by atoms with Crippen LogP contribution in [0.5, 0.6) is 0 Å². The first-order valence-corrected chi connectivity index (χ1v) is 7.28. The highest BCUT2D eigenvalue weighted by molar-refractivity contribution is 5.80. The molecule has 0 aliphatic carbocycles. The van der Waals surface area contributed by atoms with Gasteiger partial charge in [-0.3, -0.25) is 4.79 Å². The molecular weight excluding hydrogens is 254 g/mol. The number of amides is 1. The minimum atomic E-state index is -0.346. The first-order valence-electron chi connectivity index (χ1n) is 7.28. The Balaban J connectivity index is 1.94. The topological polar surface area (TPSA) is 45.7 Å². The molecule has 0 aromatic carbocycles. The summed E-state index contributed by atoms with van der Waals surface area (Å²) in [5.74, 6) is 1.08. The molecule has 5 nitrogen and oxygen atoms in total. The highest BCUT2D eigenvalue weighted by atomic mass is 16.5. The zero-order valence-electron chi connectivity index (χ0n) is 12.3. The molecule has 1 amide bonds. The van der Waals surface area contributed by atoms with E-state index in [1.807, 2.05) is 36.9 Å². The fourth-order valence-electron chi connectivity index (χ4n) is 2.49. The molecule has 1 aromatic heterocycles. The Morgan fingerprint density at radius 3 is 2.90 bits per heavy atom. The van der Waals surface area contributed by atoms with E-state index < -0.39 is 0 Å². The summed E-state index contributed by atoms with van der Waals surface area (Å²) in [7, 11) is 0. The first kappa shape index (κ1) is 14.8. The van der Waals surface area contributed by atoms with E-state index in [-0.39, 0.29) is 12.0 Å². The van der Waals surface area contributed by atoms with Gasteiger partial charge in [-0.1, -0.05) is 6.07 Å². The van der Waals surface area contributed by atoms with E-state index in [1.54, 1.807) is 6.20 Å². The summed E-state index contributed by atoms with van der Waals surface area (Å²) < 4.78 is 5.39. The van der Waals surface area contributed by atoms with Crippen LogP contribution in [0.15, 0.2) is 24.4 Å². The maximum atomic E-state index is 12.3. The molecule has 5 heteroatoms. The predicted octanol–water partition coefficient (Wildman–Crippen LogP) is 1.55. The van der Waals surface area contributed by atoms with Crippen molar-refractivity contribution in [3.8, 4) is 0 Å². The summed E-state index contributed by atoms with van der Waals surface area (Å²) in [6.45, 7) is 7.58. The molecular formula is C15H23N3O2. The quantitative estimate of drug-likeness (QED) is 0.837. The fraction of sp³-hybridized carbons (Fsp3) is 0.600. The van der Waals surface area contributed by atoms with Crippen LogP contribution < -0.4 is 4.90 Å². The molecule has 1 aliphatic heterocycles. The standard InChI is InChI=1S/C15H23N3O2/c1-3-20-13(2)15(19)18-10-6-9-17(11-12-18)14-7-4-5-8-16-14/h4-5,7-8,13H,3,6,9-12H2,1-2H3. The second kappa shape index (κ2) is 7.24. The zero-order valence-corrected chi connectivity index (χ0v) is 12.3. The molecule has 0 N–H and O–H groups in total. The number of carbonyl (C=O) groups excluding carboxylic acids is 1. The van der Waals surface area contributed by atoms with Crippen LogP contribution in [0.25, 0.3) is 0 Å². The van der Waals surface area contributed by atoms with Gasteiger partial charge < -0.3 is 14.5 Å². The van der Waals surface area contributed by atoms with Crippen molar-refractivity contribution < 1.29 is 9.53 Å². The van der Waals surface area contributed by atoms with Gasteiger partial charge in [-0.05, 0) is 32.4 Å². The minimum Gasteiger partial charge on any atom is -0.369 e. The van der Waals surface area contributed by atoms with Crippen molar-refractivity contribution in [3.05, 3.63) is 24.4 Å². The first-order chi connectivity index (χ1) is 9.72. The summed E-state index contributed by atoms with van der Waals surface area (Å²) in [5.41, 5.74) is 0. The van der Waals surface area contributed by atoms with E-state index in [0.717, 1.165) is 38.4 Å². The molecule has 110 valence electrons. The molecule has 1 saturated heterocycles. The molecule has 0 radical (unpaired) electrons. The lowest BCUT2D eigenvalue weighted by Crippen LogP contribution is -2.41. The van der Waals surface area contributed by atoms with Crippen molar-refractivity contribution in [2.24, 2.45) is 0 Å². The van der Waals surface area contributed by atoms with Crippen molar-refractivity contribution in [2.75, 3.05) is 37.7 Å². The summed E-state index contributed by atoms with van der Waals surface area (Å²) in [4.78, 5) is 20.8. The van der Waals surface area contributed by atoms with Gasteiger partial charge in [0.25, 0.3) is 5.91 Å². The van der Waals surface area contributed by atoms with Crippen molar-refractivity contribution in [1.82, 2.24) is 9.88 Å². The Labute approximate surface area is 120 Å². The third-order valence-corrected chi connectivity index (χ3v) is 3.55. The Bertz CT molecular complexity index is 424. The van der Waals surface area contributed by atoms with Crippen LogP contribution in [0.2, 0.25) is 0 Å². The lowest BCUT2D eigenvalue weighted by molar-refractivity contribution is -0.142. The molecule has 1 atom stereocenters. The van der Waals surface area contributed by atoms with Crippen LogP contribution in [0, 0.1) is 0 Å². The van der Waals surface area contributed by atoms with Gasteiger partial charge in [0, 0.05) is 39.0 Å². The number of pyridine rings is 1. The van der Waals surface area contributed by atoms with Crippen LogP contribution in [-0.2, 0) is 9.53 Å². The van der Waals surface area contributed by atoms with Gasteiger partial charge in [-0.25, -0.2) is 4.98 Å². The largest absolute Gasteiger partial charge is 0.369 e. The molecule has 2 heterocycles. The Morgan fingerprint density at radius 2 is 2.20 bits per heavy atom. The maximum Gasteiger partial charge on any atom is 0.251 e. The lowest BCUT2D eigenvalue weighted by atomic mass is 10.3.